The van der Waals surface area contributed by atoms with E-state index in [2.05, 4.69) is 25.9 Å². The van der Waals surface area contributed by atoms with Crippen molar-refractivity contribution in [2.24, 2.45) is 17.6 Å². The monoisotopic (exact) mass is 424 g/mol. The van der Waals surface area contributed by atoms with Gasteiger partial charge in [0.2, 0.25) is 17.7 Å². The third kappa shape index (κ3) is 8.19. The van der Waals surface area contributed by atoms with Crippen molar-refractivity contribution in [1.29, 1.82) is 0 Å². The molecule has 0 radical (unpaired) electrons. The molecule has 3 atom stereocenters. The summed E-state index contributed by atoms with van der Waals surface area (Å²) < 4.78 is 0. The van der Waals surface area contributed by atoms with Gasteiger partial charge in [-0.25, -0.2) is 9.78 Å². The Morgan fingerprint density at radius 3 is 2.17 bits per heavy atom. The SMILES string of the molecule is CC(C)CC(NC(=O)C(Cc1cnc[nH]1)NC(=O)CN)C(=O)NC(C(=O)O)C(C)C. The maximum absolute atomic E-state index is 12.9. The van der Waals surface area contributed by atoms with Crippen LogP contribution in [-0.2, 0) is 25.6 Å². The van der Waals surface area contributed by atoms with Crippen LogP contribution >= 0.6 is 0 Å². The molecule has 0 fully saturated rings. The molecule has 1 aromatic heterocycles. The van der Waals surface area contributed by atoms with E-state index < -0.39 is 41.8 Å². The zero-order valence-electron chi connectivity index (χ0n) is 17.8. The third-order valence-corrected chi connectivity index (χ3v) is 4.39. The average molecular weight is 425 g/mol. The van der Waals surface area contributed by atoms with Crippen molar-refractivity contribution in [3.05, 3.63) is 18.2 Å². The lowest BCUT2D eigenvalue weighted by atomic mass is 10.00. The van der Waals surface area contributed by atoms with Crippen LogP contribution in [0.15, 0.2) is 12.5 Å². The molecular weight excluding hydrogens is 392 g/mol. The summed E-state index contributed by atoms with van der Waals surface area (Å²) in [5, 5.41) is 17.0. The maximum Gasteiger partial charge on any atom is 0.326 e. The topological polar surface area (TPSA) is 179 Å². The van der Waals surface area contributed by atoms with Crippen molar-refractivity contribution in [3.8, 4) is 0 Å². The molecule has 30 heavy (non-hydrogen) atoms. The van der Waals surface area contributed by atoms with Gasteiger partial charge in [0.1, 0.15) is 18.1 Å². The van der Waals surface area contributed by atoms with Crippen LogP contribution in [0, 0.1) is 11.8 Å². The number of aromatic amines is 1. The molecule has 0 spiro atoms. The van der Waals surface area contributed by atoms with Crippen LogP contribution in [0.1, 0.15) is 39.8 Å². The van der Waals surface area contributed by atoms with E-state index in [0.29, 0.717) is 12.1 Å². The molecular formula is C19H32N6O5. The summed E-state index contributed by atoms with van der Waals surface area (Å²) in [6.07, 6.45) is 3.39. The largest absolute Gasteiger partial charge is 0.480 e. The molecule has 0 bridgehead atoms. The Bertz CT molecular complexity index is 719. The number of nitrogens with two attached hydrogens (primary N) is 1. The Labute approximate surface area is 175 Å². The summed E-state index contributed by atoms with van der Waals surface area (Å²) in [5.41, 5.74) is 5.95. The van der Waals surface area contributed by atoms with Crippen LogP contribution in [0.3, 0.4) is 0 Å². The first-order valence-corrected chi connectivity index (χ1v) is 9.85. The summed E-state index contributed by atoms with van der Waals surface area (Å²) in [7, 11) is 0. The molecule has 0 saturated heterocycles. The summed E-state index contributed by atoms with van der Waals surface area (Å²) in [6.45, 7) is 6.82. The summed E-state index contributed by atoms with van der Waals surface area (Å²) in [5.74, 6) is -3.13. The number of hydrogen-bond acceptors (Lipinski definition) is 6. The molecule has 11 nitrogen and oxygen atoms in total. The number of imidazole rings is 1. The third-order valence-electron chi connectivity index (χ3n) is 4.39. The molecule has 1 aromatic rings. The summed E-state index contributed by atoms with van der Waals surface area (Å²) >= 11 is 0. The van der Waals surface area contributed by atoms with E-state index in [9.17, 15) is 24.3 Å². The van der Waals surface area contributed by atoms with E-state index in [0.717, 1.165) is 0 Å². The first kappa shape index (κ1) is 25.1. The predicted octanol–water partition coefficient (Wildman–Crippen LogP) is -0.848. The Morgan fingerprint density at radius 2 is 1.70 bits per heavy atom. The minimum atomic E-state index is -1.15. The molecule has 3 amide bonds. The molecule has 11 heteroatoms. The van der Waals surface area contributed by atoms with Gasteiger partial charge in [-0.15, -0.1) is 0 Å². The number of nitrogens with zero attached hydrogens (tertiary/aromatic N) is 1. The highest BCUT2D eigenvalue weighted by Crippen LogP contribution is 2.09. The smallest absolute Gasteiger partial charge is 0.326 e. The van der Waals surface area contributed by atoms with Crippen LogP contribution in [0.2, 0.25) is 0 Å². The highest BCUT2D eigenvalue weighted by molar-refractivity contribution is 5.93. The van der Waals surface area contributed by atoms with Gasteiger partial charge in [0.25, 0.3) is 0 Å². The van der Waals surface area contributed by atoms with Crippen molar-refractivity contribution < 1.29 is 24.3 Å². The molecule has 0 aromatic carbocycles. The van der Waals surface area contributed by atoms with Crippen LogP contribution < -0.4 is 21.7 Å². The fraction of sp³-hybridized carbons (Fsp3) is 0.632. The molecule has 168 valence electrons. The second-order valence-electron chi connectivity index (χ2n) is 7.86. The van der Waals surface area contributed by atoms with Gasteiger partial charge < -0.3 is 31.8 Å². The Hall–Kier alpha value is -2.95. The van der Waals surface area contributed by atoms with Crippen molar-refractivity contribution >= 4 is 23.7 Å². The van der Waals surface area contributed by atoms with E-state index in [-0.39, 0.29) is 24.8 Å². The van der Waals surface area contributed by atoms with E-state index in [1.165, 1.54) is 12.5 Å². The zero-order chi connectivity index (χ0) is 22.8. The number of carboxylic acids is 1. The quantitative estimate of drug-likeness (QED) is 0.253. The number of carboxylic acid groups (broad SMARTS) is 1. The van der Waals surface area contributed by atoms with E-state index in [1.807, 2.05) is 13.8 Å². The number of H-pyrrole nitrogens is 1. The van der Waals surface area contributed by atoms with Crippen molar-refractivity contribution in [2.45, 2.75) is 58.7 Å². The van der Waals surface area contributed by atoms with Gasteiger partial charge in [0.15, 0.2) is 0 Å². The number of amides is 3. The van der Waals surface area contributed by atoms with Crippen LogP contribution in [0.25, 0.3) is 0 Å². The standard InChI is InChI=1S/C19H32N6O5/c1-10(2)5-13(18(28)25-16(11(3)4)19(29)30)24-17(27)14(23-15(26)7-20)6-12-8-21-9-22-12/h8-11,13-14,16H,5-7,20H2,1-4H3,(H,21,22)(H,23,26)(H,24,27)(H,25,28)(H,29,30). The predicted molar refractivity (Wildman–Crippen MR) is 109 cm³/mol. The number of hydrogen-bond donors (Lipinski definition) is 6. The average Bonchev–Trinajstić information content (AvgIpc) is 3.16. The van der Waals surface area contributed by atoms with Crippen molar-refractivity contribution in [1.82, 2.24) is 25.9 Å². The second-order valence-corrected chi connectivity index (χ2v) is 7.86. The molecule has 0 saturated carbocycles. The summed E-state index contributed by atoms with van der Waals surface area (Å²) in [4.78, 5) is 55.5. The van der Waals surface area contributed by atoms with Crippen LogP contribution in [0.5, 0.6) is 0 Å². The lowest BCUT2D eigenvalue weighted by molar-refractivity contribution is -0.143. The minimum absolute atomic E-state index is 0.0491. The number of aliphatic carboxylic acids is 1. The maximum atomic E-state index is 12.9. The van der Waals surface area contributed by atoms with Gasteiger partial charge >= 0.3 is 5.97 Å². The first-order valence-electron chi connectivity index (χ1n) is 9.85. The number of rotatable bonds is 12. The number of carbonyl (C=O) groups excluding carboxylic acids is 3. The summed E-state index contributed by atoms with van der Waals surface area (Å²) in [6, 6.07) is -3.02. The fourth-order valence-electron chi connectivity index (χ4n) is 2.82. The second kappa shape index (κ2) is 11.9. The Kier molecular flexibility index (Phi) is 9.96. The molecule has 1 heterocycles. The van der Waals surface area contributed by atoms with Crippen molar-refractivity contribution in [2.75, 3.05) is 6.54 Å². The van der Waals surface area contributed by atoms with Crippen LogP contribution in [-0.4, -0.2) is 63.4 Å². The molecule has 3 unspecified atom stereocenters. The van der Waals surface area contributed by atoms with Gasteiger partial charge in [-0.3, -0.25) is 14.4 Å². The molecule has 0 aliphatic carbocycles. The van der Waals surface area contributed by atoms with Gasteiger partial charge in [0.05, 0.1) is 12.9 Å². The van der Waals surface area contributed by atoms with Crippen molar-refractivity contribution in [3.63, 3.8) is 0 Å². The Morgan fingerprint density at radius 1 is 1.07 bits per heavy atom. The van der Waals surface area contributed by atoms with Gasteiger partial charge in [-0.2, -0.15) is 0 Å². The lowest BCUT2D eigenvalue weighted by Gasteiger charge is -2.26. The van der Waals surface area contributed by atoms with Crippen LogP contribution in [0.4, 0.5) is 0 Å². The highest BCUT2D eigenvalue weighted by Gasteiger charge is 2.31. The molecule has 0 aliphatic heterocycles. The van der Waals surface area contributed by atoms with Gasteiger partial charge in [-0.05, 0) is 18.3 Å². The molecule has 7 N–H and O–H groups in total. The zero-order valence-corrected chi connectivity index (χ0v) is 17.8. The number of nitrogens with one attached hydrogen (secondary N) is 4. The molecule has 1 rings (SSSR count). The highest BCUT2D eigenvalue weighted by atomic mass is 16.4. The van der Waals surface area contributed by atoms with Gasteiger partial charge in [0, 0.05) is 18.3 Å². The first-order chi connectivity index (χ1) is 14.0. The van der Waals surface area contributed by atoms with E-state index in [4.69, 9.17) is 5.73 Å². The number of aromatic nitrogens is 2. The van der Waals surface area contributed by atoms with Gasteiger partial charge in [-0.1, -0.05) is 27.7 Å². The van der Waals surface area contributed by atoms with E-state index in [1.54, 1.807) is 13.8 Å². The lowest BCUT2D eigenvalue weighted by Crippen LogP contribution is -2.57. The minimum Gasteiger partial charge on any atom is -0.480 e. The molecule has 0 aliphatic rings. The van der Waals surface area contributed by atoms with E-state index >= 15 is 0 Å². The normalized spacial score (nSPS) is 14.1. The fourth-order valence-corrected chi connectivity index (χ4v) is 2.82. The number of carbonyl (C=O) groups is 4. The Balaban J connectivity index is 2.97.